The summed E-state index contributed by atoms with van der Waals surface area (Å²) < 4.78 is 14.8. The lowest BCUT2D eigenvalue weighted by Gasteiger charge is -2.09. The molecule has 2 aromatic carbocycles. The number of amides is 1. The molecular formula is C19H18FN3O. The van der Waals surface area contributed by atoms with E-state index < -0.39 is 0 Å². The van der Waals surface area contributed by atoms with E-state index in [1.54, 1.807) is 6.20 Å². The summed E-state index contributed by atoms with van der Waals surface area (Å²) in [6.45, 7) is 2.61. The van der Waals surface area contributed by atoms with Gasteiger partial charge in [-0.15, -0.1) is 0 Å². The van der Waals surface area contributed by atoms with E-state index in [1.807, 2.05) is 41.9 Å². The van der Waals surface area contributed by atoms with Crippen LogP contribution in [0.2, 0.25) is 0 Å². The van der Waals surface area contributed by atoms with Crippen LogP contribution in [-0.4, -0.2) is 15.7 Å². The maximum absolute atomic E-state index is 13.0. The van der Waals surface area contributed by atoms with Crippen LogP contribution in [0.4, 0.5) is 10.1 Å². The first kappa shape index (κ1) is 15.9. The molecule has 0 aliphatic heterocycles. The predicted octanol–water partition coefficient (Wildman–Crippen LogP) is 3.89. The predicted molar refractivity (Wildman–Crippen MR) is 91.5 cm³/mol. The number of halogens is 1. The molecule has 0 bridgehead atoms. The summed E-state index contributed by atoms with van der Waals surface area (Å²) in [5, 5.41) is 7.13. The Hall–Kier alpha value is -2.95. The highest BCUT2D eigenvalue weighted by Gasteiger charge is 2.16. The van der Waals surface area contributed by atoms with Crippen molar-refractivity contribution in [2.24, 2.45) is 0 Å². The normalized spacial score (nSPS) is 10.6. The summed E-state index contributed by atoms with van der Waals surface area (Å²) in [6.07, 6.45) is 2.28. The van der Waals surface area contributed by atoms with E-state index in [1.165, 1.54) is 24.3 Å². The summed E-state index contributed by atoms with van der Waals surface area (Å²) in [6, 6.07) is 15.7. The molecule has 0 atom stereocenters. The van der Waals surface area contributed by atoms with Crippen LogP contribution >= 0.6 is 0 Å². The van der Waals surface area contributed by atoms with Crippen LogP contribution in [0.5, 0.6) is 0 Å². The highest BCUT2D eigenvalue weighted by Crippen LogP contribution is 2.15. The van der Waals surface area contributed by atoms with Crippen molar-refractivity contribution in [1.29, 1.82) is 0 Å². The molecule has 0 aliphatic carbocycles. The van der Waals surface area contributed by atoms with Gasteiger partial charge in [0.2, 0.25) is 0 Å². The molecule has 122 valence electrons. The highest BCUT2D eigenvalue weighted by atomic mass is 19.1. The lowest BCUT2D eigenvalue weighted by molar-refractivity contribution is 0.102. The van der Waals surface area contributed by atoms with Crippen LogP contribution < -0.4 is 5.32 Å². The quantitative estimate of drug-likeness (QED) is 0.774. The van der Waals surface area contributed by atoms with Gasteiger partial charge in [-0.25, -0.2) is 4.39 Å². The van der Waals surface area contributed by atoms with Crippen molar-refractivity contribution < 1.29 is 9.18 Å². The molecule has 0 radical (unpaired) electrons. The summed E-state index contributed by atoms with van der Waals surface area (Å²) in [7, 11) is 0. The SMILES string of the molecule is CCc1c(C(=O)Nc2ccc(F)cc2)cnn1Cc1ccccc1. The molecule has 1 N–H and O–H groups in total. The van der Waals surface area contributed by atoms with E-state index in [0.717, 1.165) is 11.3 Å². The number of carbonyl (C=O) groups is 1. The van der Waals surface area contributed by atoms with Gasteiger partial charge in [-0.05, 0) is 36.2 Å². The fourth-order valence-corrected chi connectivity index (χ4v) is 2.60. The number of hydrogen-bond donors (Lipinski definition) is 1. The largest absolute Gasteiger partial charge is 0.322 e. The molecule has 0 saturated heterocycles. The molecule has 1 aromatic heterocycles. The average Bonchev–Trinajstić information content (AvgIpc) is 3.00. The first-order chi connectivity index (χ1) is 11.7. The van der Waals surface area contributed by atoms with Gasteiger partial charge in [0.25, 0.3) is 5.91 Å². The number of nitrogens with one attached hydrogen (secondary N) is 1. The lowest BCUT2D eigenvalue weighted by atomic mass is 10.1. The van der Waals surface area contributed by atoms with Crippen LogP contribution in [0.25, 0.3) is 0 Å². The van der Waals surface area contributed by atoms with Crippen LogP contribution in [0.15, 0.2) is 60.8 Å². The van der Waals surface area contributed by atoms with Gasteiger partial charge in [-0.3, -0.25) is 9.48 Å². The number of rotatable bonds is 5. The zero-order valence-corrected chi connectivity index (χ0v) is 13.4. The van der Waals surface area contributed by atoms with Crippen molar-refractivity contribution >= 4 is 11.6 Å². The van der Waals surface area contributed by atoms with Crippen molar-refractivity contribution in [2.45, 2.75) is 19.9 Å². The van der Waals surface area contributed by atoms with E-state index in [4.69, 9.17) is 0 Å². The Morgan fingerprint density at radius 3 is 2.50 bits per heavy atom. The van der Waals surface area contributed by atoms with Gasteiger partial charge in [-0.2, -0.15) is 5.10 Å². The van der Waals surface area contributed by atoms with E-state index in [-0.39, 0.29) is 11.7 Å². The average molecular weight is 323 g/mol. The molecule has 1 heterocycles. The molecule has 24 heavy (non-hydrogen) atoms. The Kier molecular flexibility index (Phi) is 4.70. The van der Waals surface area contributed by atoms with Gasteiger partial charge in [-0.1, -0.05) is 37.3 Å². The second kappa shape index (κ2) is 7.08. The Morgan fingerprint density at radius 2 is 1.83 bits per heavy atom. The lowest BCUT2D eigenvalue weighted by Crippen LogP contribution is -2.15. The van der Waals surface area contributed by atoms with E-state index in [0.29, 0.717) is 24.2 Å². The Labute approximate surface area is 139 Å². The van der Waals surface area contributed by atoms with Crippen molar-refractivity contribution in [3.8, 4) is 0 Å². The number of nitrogens with zero attached hydrogens (tertiary/aromatic N) is 2. The molecule has 0 fully saturated rings. The second-order valence-corrected chi connectivity index (χ2v) is 5.46. The van der Waals surface area contributed by atoms with Gasteiger partial charge < -0.3 is 5.32 Å². The fraction of sp³-hybridized carbons (Fsp3) is 0.158. The topological polar surface area (TPSA) is 46.9 Å². The van der Waals surface area contributed by atoms with Crippen molar-refractivity contribution in [2.75, 3.05) is 5.32 Å². The molecular weight excluding hydrogens is 305 g/mol. The fourth-order valence-electron chi connectivity index (χ4n) is 2.60. The standard InChI is InChI=1S/C19H18FN3O/c1-2-18-17(19(24)22-16-10-8-15(20)9-11-16)12-21-23(18)13-14-6-4-3-5-7-14/h3-12H,2,13H2,1H3,(H,22,24). The van der Waals surface area contributed by atoms with Crippen molar-refractivity contribution in [3.05, 3.63) is 83.4 Å². The Bertz CT molecular complexity index is 826. The number of benzene rings is 2. The first-order valence-corrected chi connectivity index (χ1v) is 7.83. The number of carbonyl (C=O) groups excluding carboxylic acids is 1. The summed E-state index contributed by atoms with van der Waals surface area (Å²) in [5.41, 5.74) is 3.09. The number of aromatic nitrogens is 2. The molecule has 0 saturated carbocycles. The minimum Gasteiger partial charge on any atom is -0.322 e. The smallest absolute Gasteiger partial charge is 0.259 e. The molecule has 0 spiro atoms. The van der Waals surface area contributed by atoms with Crippen LogP contribution in [0.3, 0.4) is 0 Å². The summed E-state index contributed by atoms with van der Waals surface area (Å²) in [5.74, 6) is -0.573. The van der Waals surface area contributed by atoms with E-state index in [9.17, 15) is 9.18 Å². The first-order valence-electron chi connectivity index (χ1n) is 7.83. The maximum atomic E-state index is 13.0. The van der Waals surface area contributed by atoms with Crippen LogP contribution in [0.1, 0.15) is 28.5 Å². The third kappa shape index (κ3) is 3.51. The third-order valence-electron chi connectivity index (χ3n) is 3.81. The zero-order valence-electron chi connectivity index (χ0n) is 13.4. The zero-order chi connectivity index (χ0) is 16.9. The van der Waals surface area contributed by atoms with Crippen molar-refractivity contribution in [1.82, 2.24) is 9.78 Å². The monoisotopic (exact) mass is 323 g/mol. The van der Waals surface area contributed by atoms with E-state index >= 15 is 0 Å². The van der Waals surface area contributed by atoms with Crippen LogP contribution in [-0.2, 0) is 13.0 Å². The molecule has 5 heteroatoms. The van der Waals surface area contributed by atoms with E-state index in [2.05, 4.69) is 10.4 Å². The molecule has 3 aromatic rings. The molecule has 0 unspecified atom stereocenters. The third-order valence-corrected chi connectivity index (χ3v) is 3.81. The minimum absolute atomic E-state index is 0.238. The highest BCUT2D eigenvalue weighted by molar-refractivity contribution is 6.04. The maximum Gasteiger partial charge on any atom is 0.259 e. The summed E-state index contributed by atoms with van der Waals surface area (Å²) >= 11 is 0. The molecule has 4 nitrogen and oxygen atoms in total. The Balaban J connectivity index is 1.80. The number of hydrogen-bond acceptors (Lipinski definition) is 2. The molecule has 1 amide bonds. The van der Waals surface area contributed by atoms with Gasteiger partial charge in [0.05, 0.1) is 24.0 Å². The van der Waals surface area contributed by atoms with Gasteiger partial charge in [0.15, 0.2) is 0 Å². The number of anilines is 1. The van der Waals surface area contributed by atoms with Crippen LogP contribution in [0, 0.1) is 5.82 Å². The van der Waals surface area contributed by atoms with Gasteiger partial charge in [0.1, 0.15) is 5.82 Å². The molecule has 0 aliphatic rings. The van der Waals surface area contributed by atoms with Gasteiger partial charge in [0, 0.05) is 5.69 Å². The summed E-state index contributed by atoms with van der Waals surface area (Å²) in [4.78, 5) is 12.5. The Morgan fingerprint density at radius 1 is 1.12 bits per heavy atom. The van der Waals surface area contributed by atoms with Gasteiger partial charge >= 0.3 is 0 Å². The minimum atomic E-state index is -0.335. The van der Waals surface area contributed by atoms with Crippen molar-refractivity contribution in [3.63, 3.8) is 0 Å². The molecule has 3 rings (SSSR count). The second-order valence-electron chi connectivity index (χ2n) is 5.46.